The van der Waals surface area contributed by atoms with Crippen molar-refractivity contribution in [1.82, 2.24) is 5.32 Å². The number of rotatable bonds is 20. The van der Waals surface area contributed by atoms with Gasteiger partial charge in [0.05, 0.1) is 73.6 Å². The number of ether oxygens (including phenoxy) is 1. The molecule has 0 atom stereocenters. The van der Waals surface area contributed by atoms with Crippen molar-refractivity contribution in [3.63, 3.8) is 0 Å². The Balaban J connectivity index is 0.000000702. The Hall–Kier alpha value is -3.24. The first-order valence-electron chi connectivity index (χ1n) is 20.9. The lowest BCUT2D eigenvalue weighted by Crippen LogP contribution is -3.11. The molecule has 0 radical (unpaired) electrons. The number of nitrogens with two attached hydrogens (primary N) is 1. The summed E-state index contributed by atoms with van der Waals surface area (Å²) >= 11 is 0. The Labute approximate surface area is 358 Å². The van der Waals surface area contributed by atoms with Crippen molar-refractivity contribution in [3.05, 3.63) is 36.4 Å². The van der Waals surface area contributed by atoms with Gasteiger partial charge >= 0.3 is 0 Å². The van der Waals surface area contributed by atoms with Gasteiger partial charge in [-0.3, -0.25) is 4.79 Å². The Morgan fingerprint density at radius 3 is 1.20 bits per heavy atom. The summed E-state index contributed by atoms with van der Waals surface area (Å²) in [5, 5.41) is 1.46. The molecule has 6 N–H and O–H groups in total. The molecule has 0 spiro atoms. The molecule has 0 saturated heterocycles. The van der Waals surface area contributed by atoms with Gasteiger partial charge in [0, 0.05) is 38.9 Å². The lowest BCUT2D eigenvalue weighted by molar-refractivity contribution is -0.894. The molecular formula is C41H69N5O11S3. The molecule has 0 heterocycles. The maximum atomic E-state index is 12.3. The van der Waals surface area contributed by atoms with E-state index in [1.807, 2.05) is 0 Å². The molecule has 0 aliphatic rings. The number of quaternary nitrogens is 3. The van der Waals surface area contributed by atoms with Crippen molar-refractivity contribution in [1.29, 1.82) is 0 Å². The molecule has 0 aromatic heterocycles. The van der Waals surface area contributed by atoms with E-state index in [1.54, 1.807) is 14.7 Å². The van der Waals surface area contributed by atoms with Crippen LogP contribution in [0, 0.1) is 0 Å². The summed E-state index contributed by atoms with van der Waals surface area (Å²) < 4.78 is 114. The number of hydrogen-bond donors (Lipinski definition) is 5. The van der Waals surface area contributed by atoms with Gasteiger partial charge in [-0.1, -0.05) is 24.6 Å². The summed E-state index contributed by atoms with van der Waals surface area (Å²) in [5.41, 5.74) is 5.42. The predicted octanol–water partition coefficient (Wildman–Crippen LogP) is 0.713. The van der Waals surface area contributed by atoms with Gasteiger partial charge in [0.25, 0.3) is 5.91 Å². The molecule has 19 heteroatoms. The second-order valence-electron chi connectivity index (χ2n) is 14.1. The highest BCUT2D eigenvalue weighted by Crippen LogP contribution is 2.45. The molecule has 16 nitrogen and oxygen atoms in total. The van der Waals surface area contributed by atoms with E-state index in [-0.39, 0.29) is 38.1 Å². The number of amides is 1. The summed E-state index contributed by atoms with van der Waals surface area (Å²) in [5.74, 6) is -0.814. The summed E-state index contributed by atoms with van der Waals surface area (Å²) in [4.78, 5) is 14.5. The van der Waals surface area contributed by atoms with Crippen LogP contribution < -0.4 is 30.5 Å². The summed E-state index contributed by atoms with van der Waals surface area (Å²) in [6, 6.07) is 5.91. The number of benzene rings is 4. The van der Waals surface area contributed by atoms with Crippen LogP contribution in [0.15, 0.2) is 51.1 Å². The van der Waals surface area contributed by atoms with Crippen LogP contribution >= 0.6 is 0 Å². The van der Waals surface area contributed by atoms with Crippen LogP contribution in [0.5, 0.6) is 5.75 Å². The van der Waals surface area contributed by atoms with Gasteiger partial charge in [0.15, 0.2) is 6.61 Å². The fourth-order valence-corrected chi connectivity index (χ4v) is 8.89. The highest BCUT2D eigenvalue weighted by atomic mass is 32.2. The van der Waals surface area contributed by atoms with Crippen molar-refractivity contribution < 1.29 is 63.1 Å². The topological polar surface area (TPSA) is 249 Å². The molecular weight excluding hydrogens is 835 g/mol. The zero-order valence-corrected chi connectivity index (χ0v) is 39.3. The van der Waals surface area contributed by atoms with Gasteiger partial charge in [-0.15, -0.1) is 0 Å². The smallest absolute Gasteiger partial charge is 0.257 e. The number of hydrogen-bond acceptors (Lipinski definition) is 12. The molecule has 0 fully saturated rings. The zero-order chi connectivity index (χ0) is 45.8. The van der Waals surface area contributed by atoms with Gasteiger partial charge in [-0.25, -0.2) is 25.3 Å². The lowest BCUT2D eigenvalue weighted by Gasteiger charge is -2.22. The first-order chi connectivity index (χ1) is 28.2. The molecule has 0 saturated carbocycles. The highest BCUT2D eigenvalue weighted by Gasteiger charge is 2.24. The van der Waals surface area contributed by atoms with Crippen LogP contribution in [0.1, 0.15) is 81.6 Å². The minimum atomic E-state index is -5.32. The predicted molar refractivity (Wildman–Crippen MR) is 233 cm³/mol. The first kappa shape index (κ1) is 54.8. The van der Waals surface area contributed by atoms with E-state index < -0.39 is 57.6 Å². The zero-order valence-electron chi connectivity index (χ0n) is 36.9. The second kappa shape index (κ2) is 26.3. The SMILES string of the molecule is CC[NH+](CC)CC.CC[NH+](CC)CC.CC[NH+](CC)CC.NCCCCCNC(=O)COc1cc(S(=O)(=O)[O-])c2ccc3c(S(=O)(=O)[O-])cc(S(=O)(=O)[O-])c4ccc1c2c43. The van der Waals surface area contributed by atoms with E-state index in [1.165, 1.54) is 65.0 Å². The number of unbranched alkanes of at least 4 members (excludes halogenated alkanes) is 2. The third-order valence-electron chi connectivity index (χ3n) is 10.6. The van der Waals surface area contributed by atoms with Gasteiger partial charge in [0.2, 0.25) is 0 Å². The van der Waals surface area contributed by atoms with Crippen LogP contribution in [-0.2, 0) is 35.1 Å². The average Bonchev–Trinajstić information content (AvgIpc) is 3.20. The number of carbonyl (C=O) groups excluding carboxylic acids is 1. The summed E-state index contributed by atoms with van der Waals surface area (Å²) in [7, 11) is -15.8. The summed E-state index contributed by atoms with van der Waals surface area (Å²) in [6.45, 7) is 31.7. The Kier molecular flexibility index (Phi) is 24.0. The van der Waals surface area contributed by atoms with E-state index in [0.717, 1.165) is 37.1 Å². The maximum Gasteiger partial charge on any atom is 0.257 e. The second-order valence-corrected chi connectivity index (χ2v) is 18.1. The first-order valence-corrected chi connectivity index (χ1v) is 25.2. The normalized spacial score (nSPS) is 12.0. The van der Waals surface area contributed by atoms with Crippen molar-refractivity contribution in [3.8, 4) is 5.75 Å². The number of nitrogens with one attached hydrogen (secondary N) is 4. The monoisotopic (exact) mass is 903 g/mol. The summed E-state index contributed by atoms with van der Waals surface area (Å²) in [6.07, 6.45) is 2.24. The molecule has 0 bridgehead atoms. The molecule has 1 amide bonds. The minimum Gasteiger partial charge on any atom is -0.744 e. The quantitative estimate of drug-likeness (QED) is 0.0468. The molecule has 60 heavy (non-hydrogen) atoms. The molecule has 0 aliphatic carbocycles. The fourth-order valence-electron chi connectivity index (χ4n) is 6.72. The third-order valence-corrected chi connectivity index (χ3v) is 13.2. The van der Waals surface area contributed by atoms with E-state index in [4.69, 9.17) is 10.5 Å². The van der Waals surface area contributed by atoms with Crippen LogP contribution in [0.4, 0.5) is 0 Å². The van der Waals surface area contributed by atoms with Gasteiger partial charge < -0.3 is 44.1 Å². The standard InChI is InChI=1S/C23H24N2O11S3.3C6H15N/c24-8-2-1-3-9-25-21(26)12-36-17-10-18(37(27,28)29)14-6-7-16-20(39(33,34)35)11-19(38(30,31)32)15-5-4-13(17)22(14)23(15)16;3*1-4-7(5-2)6-3/h4-7,10-11H,1-3,8-9,12,24H2,(H,25,26)(H,27,28,29)(H,30,31,32)(H,33,34,35);3*4-6H2,1-3H3. The van der Waals surface area contributed by atoms with Gasteiger partial charge in [-0.2, -0.15) is 0 Å². The highest BCUT2D eigenvalue weighted by molar-refractivity contribution is 7.87. The van der Waals surface area contributed by atoms with Crippen molar-refractivity contribution >= 4 is 68.6 Å². The fraction of sp³-hybridized carbons (Fsp3) is 0.585. The van der Waals surface area contributed by atoms with E-state index in [9.17, 15) is 43.7 Å². The van der Waals surface area contributed by atoms with Gasteiger partial charge in [0.1, 0.15) is 36.1 Å². The lowest BCUT2D eigenvalue weighted by atomic mass is 9.93. The van der Waals surface area contributed by atoms with E-state index >= 15 is 0 Å². The van der Waals surface area contributed by atoms with E-state index in [2.05, 4.69) is 67.6 Å². The average molecular weight is 904 g/mol. The van der Waals surface area contributed by atoms with Crippen LogP contribution in [-0.4, -0.2) is 123 Å². The van der Waals surface area contributed by atoms with Crippen molar-refractivity contribution in [2.45, 2.75) is 96.3 Å². The third kappa shape index (κ3) is 16.2. The number of carbonyl (C=O) groups is 1. The van der Waals surface area contributed by atoms with Crippen LogP contribution in [0.2, 0.25) is 0 Å². The van der Waals surface area contributed by atoms with E-state index in [0.29, 0.717) is 25.6 Å². The Bertz CT molecular complexity index is 2150. The van der Waals surface area contributed by atoms with Crippen molar-refractivity contribution in [2.24, 2.45) is 5.73 Å². The van der Waals surface area contributed by atoms with Crippen molar-refractivity contribution in [2.75, 3.05) is 78.6 Å². The molecule has 0 aliphatic heterocycles. The molecule has 4 aromatic rings. The van der Waals surface area contributed by atoms with Gasteiger partial charge in [-0.05, 0) is 99.9 Å². The largest absolute Gasteiger partial charge is 0.744 e. The molecule has 0 unspecified atom stereocenters. The Morgan fingerprint density at radius 2 is 0.883 bits per heavy atom. The Morgan fingerprint density at radius 1 is 0.550 bits per heavy atom. The molecule has 4 aromatic carbocycles. The minimum absolute atomic E-state index is 0.0703. The molecule has 342 valence electrons. The maximum absolute atomic E-state index is 12.3. The van der Waals surface area contributed by atoms with Crippen LogP contribution in [0.3, 0.4) is 0 Å². The van der Waals surface area contributed by atoms with Crippen LogP contribution in [0.25, 0.3) is 32.3 Å². The molecule has 4 rings (SSSR count).